The van der Waals surface area contributed by atoms with Gasteiger partial charge in [-0.1, -0.05) is 0 Å². The molecule has 116 valence electrons. The van der Waals surface area contributed by atoms with Crippen molar-refractivity contribution in [3.8, 4) is 0 Å². The van der Waals surface area contributed by atoms with Gasteiger partial charge in [-0.05, 0) is 38.5 Å². The minimum Gasteiger partial charge on any atom is -0.423 e. The van der Waals surface area contributed by atoms with Gasteiger partial charge in [0.1, 0.15) is 5.69 Å². The molecular formula is C14H24N6O. The number of hydrogen-bond acceptors (Lipinski definition) is 6. The smallest absolute Gasteiger partial charge is 0.259 e. The van der Waals surface area contributed by atoms with Gasteiger partial charge in [0.25, 0.3) is 5.62 Å². The Kier molecular flexibility index (Phi) is 3.90. The molecule has 0 aromatic carbocycles. The zero-order chi connectivity index (χ0) is 14.8. The summed E-state index contributed by atoms with van der Waals surface area (Å²) in [6.07, 6.45) is 7.02. The van der Waals surface area contributed by atoms with E-state index in [1.165, 1.54) is 12.8 Å². The van der Waals surface area contributed by atoms with Crippen molar-refractivity contribution in [1.29, 1.82) is 5.41 Å². The summed E-state index contributed by atoms with van der Waals surface area (Å²) in [7, 11) is 0. The zero-order valence-electron chi connectivity index (χ0n) is 12.4. The molecule has 4 N–H and O–H groups in total. The third kappa shape index (κ3) is 2.64. The number of nitrogens with zero attached hydrogens (tertiary/aromatic N) is 4. The van der Waals surface area contributed by atoms with Crippen molar-refractivity contribution in [1.82, 2.24) is 9.71 Å². The Hall–Kier alpha value is -1.92. The van der Waals surface area contributed by atoms with Gasteiger partial charge < -0.3 is 20.7 Å². The fraction of sp³-hybridized carbons (Fsp3) is 0.714. The van der Waals surface area contributed by atoms with Crippen LogP contribution < -0.4 is 21.2 Å². The Labute approximate surface area is 124 Å². The predicted octanol–water partition coefficient (Wildman–Crippen LogP) is 1.16. The van der Waals surface area contributed by atoms with Gasteiger partial charge in [0.05, 0.1) is 0 Å². The Morgan fingerprint density at radius 2 is 1.43 bits per heavy atom. The van der Waals surface area contributed by atoms with Gasteiger partial charge in [-0.3, -0.25) is 5.41 Å². The van der Waals surface area contributed by atoms with Crippen LogP contribution in [-0.2, 0) is 0 Å². The number of anilines is 3. The fourth-order valence-corrected chi connectivity index (χ4v) is 3.28. The topological polar surface area (TPSA) is 94.4 Å². The SMILES string of the molecule is N=c1nc(N2CCCCC2)c(N2CCCCC2)c(N)n1O. The van der Waals surface area contributed by atoms with Gasteiger partial charge in [-0.2, -0.15) is 4.98 Å². The summed E-state index contributed by atoms with van der Waals surface area (Å²) < 4.78 is 0.692. The average Bonchev–Trinajstić information content (AvgIpc) is 2.54. The van der Waals surface area contributed by atoms with Crippen LogP contribution in [0, 0.1) is 5.41 Å². The summed E-state index contributed by atoms with van der Waals surface area (Å²) >= 11 is 0. The van der Waals surface area contributed by atoms with Crippen LogP contribution in [0.5, 0.6) is 0 Å². The second-order valence-electron chi connectivity index (χ2n) is 5.90. The molecule has 7 heteroatoms. The van der Waals surface area contributed by atoms with Gasteiger partial charge in [0, 0.05) is 26.2 Å². The summed E-state index contributed by atoms with van der Waals surface area (Å²) in [5.41, 5.74) is 6.71. The normalized spacial score (nSPS) is 19.8. The standard InChI is InChI=1S/C14H24N6O/c15-12-11(18-7-3-1-4-8-18)13(17-14(16)20(12)21)19-9-5-2-6-10-19/h16,21H,1-10,15H2. The van der Waals surface area contributed by atoms with E-state index in [4.69, 9.17) is 11.1 Å². The molecule has 0 aliphatic carbocycles. The molecule has 0 radical (unpaired) electrons. The second kappa shape index (κ2) is 5.83. The van der Waals surface area contributed by atoms with Crippen molar-refractivity contribution < 1.29 is 5.21 Å². The maximum atomic E-state index is 9.94. The lowest BCUT2D eigenvalue weighted by molar-refractivity contribution is 0.172. The minimum absolute atomic E-state index is 0.200. The third-order valence-corrected chi connectivity index (χ3v) is 4.42. The summed E-state index contributed by atoms with van der Waals surface area (Å²) in [6, 6.07) is 0. The summed E-state index contributed by atoms with van der Waals surface area (Å²) in [5, 5.41) is 17.7. The van der Waals surface area contributed by atoms with Crippen molar-refractivity contribution >= 4 is 17.3 Å². The zero-order valence-corrected chi connectivity index (χ0v) is 12.4. The van der Waals surface area contributed by atoms with E-state index in [9.17, 15) is 5.21 Å². The van der Waals surface area contributed by atoms with Crippen LogP contribution in [0.3, 0.4) is 0 Å². The molecule has 0 spiro atoms. The van der Waals surface area contributed by atoms with Crippen LogP contribution in [0.25, 0.3) is 0 Å². The highest BCUT2D eigenvalue weighted by atomic mass is 16.5. The summed E-state index contributed by atoms with van der Waals surface area (Å²) in [6.45, 7) is 3.76. The van der Waals surface area contributed by atoms with Crippen LogP contribution in [0.1, 0.15) is 38.5 Å². The van der Waals surface area contributed by atoms with Crippen molar-refractivity contribution in [2.75, 3.05) is 41.7 Å². The maximum Gasteiger partial charge on any atom is 0.259 e. The number of nitrogen functional groups attached to an aromatic ring is 1. The molecule has 2 saturated heterocycles. The van der Waals surface area contributed by atoms with Crippen LogP contribution in [0.4, 0.5) is 17.3 Å². The molecule has 7 nitrogen and oxygen atoms in total. The lowest BCUT2D eigenvalue weighted by Crippen LogP contribution is -2.39. The molecule has 2 fully saturated rings. The predicted molar refractivity (Wildman–Crippen MR) is 81.8 cm³/mol. The average molecular weight is 292 g/mol. The summed E-state index contributed by atoms with van der Waals surface area (Å²) in [5.74, 6) is 1.00. The molecular weight excluding hydrogens is 268 g/mol. The van der Waals surface area contributed by atoms with Crippen LogP contribution in [0.15, 0.2) is 0 Å². The van der Waals surface area contributed by atoms with E-state index in [1.54, 1.807) is 0 Å². The monoisotopic (exact) mass is 292 g/mol. The number of nitrogens with two attached hydrogens (primary N) is 1. The summed E-state index contributed by atoms with van der Waals surface area (Å²) in [4.78, 5) is 8.74. The first kappa shape index (κ1) is 14.0. The van der Waals surface area contributed by atoms with Gasteiger partial charge >= 0.3 is 0 Å². The molecule has 2 aliphatic heterocycles. The van der Waals surface area contributed by atoms with Crippen LogP contribution in [0.2, 0.25) is 0 Å². The number of nitrogens with one attached hydrogen (secondary N) is 1. The molecule has 0 saturated carbocycles. The van der Waals surface area contributed by atoms with E-state index < -0.39 is 0 Å². The first-order chi connectivity index (χ1) is 10.2. The Balaban J connectivity index is 2.05. The quantitative estimate of drug-likeness (QED) is 0.711. The number of rotatable bonds is 2. The highest BCUT2D eigenvalue weighted by molar-refractivity contribution is 5.77. The minimum atomic E-state index is -0.200. The fourth-order valence-electron chi connectivity index (χ4n) is 3.28. The largest absolute Gasteiger partial charge is 0.423 e. The van der Waals surface area contributed by atoms with Crippen molar-refractivity contribution in [2.24, 2.45) is 0 Å². The van der Waals surface area contributed by atoms with Crippen molar-refractivity contribution in [3.63, 3.8) is 0 Å². The molecule has 3 heterocycles. The molecule has 0 amide bonds. The van der Waals surface area contributed by atoms with E-state index in [2.05, 4.69) is 14.8 Å². The van der Waals surface area contributed by atoms with E-state index in [1.807, 2.05) is 0 Å². The molecule has 1 aromatic heterocycles. The molecule has 21 heavy (non-hydrogen) atoms. The van der Waals surface area contributed by atoms with Crippen molar-refractivity contribution in [2.45, 2.75) is 38.5 Å². The van der Waals surface area contributed by atoms with Crippen LogP contribution >= 0.6 is 0 Å². The van der Waals surface area contributed by atoms with Crippen LogP contribution in [-0.4, -0.2) is 41.1 Å². The van der Waals surface area contributed by atoms with E-state index in [0.717, 1.165) is 63.4 Å². The Morgan fingerprint density at radius 1 is 0.905 bits per heavy atom. The van der Waals surface area contributed by atoms with Gasteiger partial charge in [0.2, 0.25) is 0 Å². The second-order valence-corrected chi connectivity index (χ2v) is 5.90. The van der Waals surface area contributed by atoms with Gasteiger partial charge in [-0.15, -0.1) is 4.73 Å². The number of aromatic nitrogens is 2. The van der Waals surface area contributed by atoms with Gasteiger partial charge in [-0.25, -0.2) is 0 Å². The highest BCUT2D eigenvalue weighted by Gasteiger charge is 2.25. The first-order valence-electron chi connectivity index (χ1n) is 7.85. The number of hydrogen-bond donors (Lipinski definition) is 3. The third-order valence-electron chi connectivity index (χ3n) is 4.42. The van der Waals surface area contributed by atoms with E-state index in [-0.39, 0.29) is 11.4 Å². The first-order valence-corrected chi connectivity index (χ1v) is 7.85. The molecule has 2 aliphatic rings. The number of piperidine rings is 2. The van der Waals surface area contributed by atoms with Gasteiger partial charge in [0.15, 0.2) is 11.6 Å². The Bertz CT molecular complexity index is 557. The van der Waals surface area contributed by atoms with Crippen molar-refractivity contribution in [3.05, 3.63) is 5.62 Å². The lowest BCUT2D eigenvalue weighted by atomic mass is 10.1. The molecule has 0 atom stereocenters. The highest BCUT2D eigenvalue weighted by Crippen LogP contribution is 2.34. The Morgan fingerprint density at radius 3 is 2.00 bits per heavy atom. The molecule has 0 unspecified atom stereocenters. The molecule has 0 bridgehead atoms. The van der Waals surface area contributed by atoms with E-state index >= 15 is 0 Å². The lowest BCUT2D eigenvalue weighted by Gasteiger charge is -2.35. The maximum absolute atomic E-state index is 9.94. The molecule has 3 rings (SSSR count). The molecule has 1 aromatic rings. The van der Waals surface area contributed by atoms with E-state index in [0.29, 0.717) is 4.73 Å².